The number of nitrogens with two attached hydrogens (primary N) is 1. The van der Waals surface area contributed by atoms with E-state index in [1.807, 2.05) is 0 Å². The van der Waals surface area contributed by atoms with Crippen LogP contribution in [0.3, 0.4) is 0 Å². The smallest absolute Gasteiger partial charge is 0.107 e. The Balaban J connectivity index is 2.05. The van der Waals surface area contributed by atoms with Crippen molar-refractivity contribution >= 4 is 38.9 Å². The summed E-state index contributed by atoms with van der Waals surface area (Å²) in [6.45, 7) is 5.28. The van der Waals surface area contributed by atoms with Gasteiger partial charge in [0.1, 0.15) is 4.34 Å². The van der Waals surface area contributed by atoms with Crippen LogP contribution in [0.2, 0.25) is 4.34 Å². The molecule has 2 rings (SSSR count). The molecule has 1 atom stereocenters. The van der Waals surface area contributed by atoms with Crippen molar-refractivity contribution in [2.24, 2.45) is 11.7 Å². The number of halogens is 2. The fourth-order valence-corrected chi connectivity index (χ4v) is 4.53. The van der Waals surface area contributed by atoms with E-state index < -0.39 is 0 Å². The second kappa shape index (κ2) is 6.71. The topological polar surface area (TPSA) is 29.3 Å². The molecule has 0 aromatic carbocycles. The first kappa shape index (κ1) is 14.8. The minimum absolute atomic E-state index is 0.330. The second-order valence-corrected chi connectivity index (χ2v) is 7.45. The van der Waals surface area contributed by atoms with E-state index in [9.17, 15) is 0 Å². The quantitative estimate of drug-likeness (QED) is 0.877. The molecular formula is C13H20BrClN2S. The van der Waals surface area contributed by atoms with Gasteiger partial charge < -0.3 is 5.73 Å². The fraction of sp³-hybridized carbons (Fsp3) is 0.692. The third-order valence-electron chi connectivity index (χ3n) is 3.88. The highest BCUT2D eigenvalue weighted by molar-refractivity contribution is 9.10. The predicted octanol–water partition coefficient (Wildman–Crippen LogP) is 4.29. The maximum atomic E-state index is 6.13. The summed E-state index contributed by atoms with van der Waals surface area (Å²) in [6.07, 6.45) is 3.90. The van der Waals surface area contributed by atoms with E-state index in [0.29, 0.717) is 12.6 Å². The molecule has 1 aliphatic rings. The standard InChI is InChI=1S/C13H20BrClN2S/c1-2-9-3-5-17(6-4-9)11(8-16)12-7-10(14)13(15)18-12/h7,9,11H,2-6,8,16H2,1H3. The highest BCUT2D eigenvalue weighted by atomic mass is 79.9. The average Bonchev–Trinajstić information content (AvgIpc) is 2.71. The Morgan fingerprint density at radius 1 is 1.56 bits per heavy atom. The van der Waals surface area contributed by atoms with Gasteiger partial charge >= 0.3 is 0 Å². The van der Waals surface area contributed by atoms with Crippen LogP contribution >= 0.6 is 38.9 Å². The van der Waals surface area contributed by atoms with Crippen molar-refractivity contribution in [3.8, 4) is 0 Å². The molecule has 1 aromatic rings. The maximum absolute atomic E-state index is 6.13. The monoisotopic (exact) mass is 350 g/mol. The van der Waals surface area contributed by atoms with E-state index >= 15 is 0 Å². The Morgan fingerprint density at radius 3 is 2.67 bits per heavy atom. The Morgan fingerprint density at radius 2 is 2.22 bits per heavy atom. The molecule has 0 radical (unpaired) electrons. The van der Waals surface area contributed by atoms with Crippen molar-refractivity contribution in [1.82, 2.24) is 4.90 Å². The molecule has 18 heavy (non-hydrogen) atoms. The number of likely N-dealkylation sites (tertiary alicyclic amines) is 1. The summed E-state index contributed by atoms with van der Waals surface area (Å²) >= 11 is 11.2. The SMILES string of the molecule is CCC1CCN(C(CN)c2cc(Br)c(Cl)s2)CC1. The number of nitrogens with zero attached hydrogens (tertiary/aromatic N) is 1. The van der Waals surface area contributed by atoms with E-state index in [2.05, 4.69) is 33.8 Å². The molecule has 0 saturated carbocycles. The summed E-state index contributed by atoms with van der Waals surface area (Å²) < 4.78 is 1.82. The predicted molar refractivity (Wildman–Crippen MR) is 83.4 cm³/mol. The molecule has 2 nitrogen and oxygen atoms in total. The molecule has 0 aliphatic carbocycles. The van der Waals surface area contributed by atoms with E-state index in [1.165, 1.54) is 24.1 Å². The van der Waals surface area contributed by atoms with Gasteiger partial charge in [-0.1, -0.05) is 24.9 Å². The number of thiophene rings is 1. The van der Waals surface area contributed by atoms with Gasteiger partial charge in [-0.15, -0.1) is 11.3 Å². The van der Waals surface area contributed by atoms with E-state index in [1.54, 1.807) is 11.3 Å². The molecule has 0 bridgehead atoms. The Hall–Kier alpha value is 0.390. The molecule has 0 spiro atoms. The lowest BCUT2D eigenvalue weighted by Crippen LogP contribution is -2.39. The summed E-state index contributed by atoms with van der Waals surface area (Å²) in [7, 11) is 0. The van der Waals surface area contributed by atoms with Gasteiger partial charge in [-0.05, 0) is 53.8 Å². The van der Waals surface area contributed by atoms with Gasteiger partial charge in [0.15, 0.2) is 0 Å². The fourth-order valence-electron chi connectivity index (χ4n) is 2.65. The van der Waals surface area contributed by atoms with Crippen LogP contribution < -0.4 is 5.73 Å². The first-order chi connectivity index (χ1) is 8.65. The zero-order valence-electron chi connectivity index (χ0n) is 10.7. The Kier molecular flexibility index (Phi) is 5.51. The number of hydrogen-bond donors (Lipinski definition) is 1. The first-order valence-corrected chi connectivity index (χ1v) is 8.53. The van der Waals surface area contributed by atoms with E-state index in [-0.39, 0.29) is 0 Å². The minimum Gasteiger partial charge on any atom is -0.329 e. The van der Waals surface area contributed by atoms with Gasteiger partial charge in [0.05, 0.1) is 6.04 Å². The summed E-state index contributed by atoms with van der Waals surface area (Å²) in [4.78, 5) is 3.80. The van der Waals surface area contributed by atoms with Crippen molar-refractivity contribution in [3.05, 3.63) is 19.8 Å². The van der Waals surface area contributed by atoms with Crippen molar-refractivity contribution < 1.29 is 0 Å². The zero-order chi connectivity index (χ0) is 13.1. The minimum atomic E-state index is 0.330. The van der Waals surface area contributed by atoms with Crippen molar-refractivity contribution in [2.45, 2.75) is 32.2 Å². The number of hydrogen-bond acceptors (Lipinski definition) is 3. The van der Waals surface area contributed by atoms with E-state index in [4.69, 9.17) is 17.3 Å². The molecule has 0 amide bonds. The van der Waals surface area contributed by atoms with Crippen LogP contribution in [0.5, 0.6) is 0 Å². The normalized spacial score (nSPS) is 20.2. The van der Waals surface area contributed by atoms with Crippen molar-refractivity contribution in [1.29, 1.82) is 0 Å². The van der Waals surface area contributed by atoms with Crippen molar-refractivity contribution in [2.75, 3.05) is 19.6 Å². The second-order valence-electron chi connectivity index (χ2n) is 4.91. The molecule has 102 valence electrons. The lowest BCUT2D eigenvalue weighted by Gasteiger charge is -2.36. The lowest BCUT2D eigenvalue weighted by atomic mass is 9.93. The number of piperidine rings is 1. The summed E-state index contributed by atoms with van der Waals surface area (Å²) in [5.41, 5.74) is 5.97. The van der Waals surface area contributed by atoms with Crippen LogP contribution in [0.15, 0.2) is 10.5 Å². The molecule has 1 aliphatic heterocycles. The van der Waals surface area contributed by atoms with Crippen LogP contribution in [-0.4, -0.2) is 24.5 Å². The largest absolute Gasteiger partial charge is 0.329 e. The van der Waals surface area contributed by atoms with Crippen LogP contribution in [-0.2, 0) is 0 Å². The molecule has 2 N–H and O–H groups in total. The molecule has 1 fully saturated rings. The Labute approximate surface area is 127 Å². The van der Waals surface area contributed by atoms with Gasteiger partial charge in [0.2, 0.25) is 0 Å². The Bertz CT molecular complexity index is 369. The van der Waals surface area contributed by atoms with Crippen LogP contribution in [0.1, 0.15) is 37.1 Å². The molecule has 5 heteroatoms. The van der Waals surface area contributed by atoms with Crippen LogP contribution in [0, 0.1) is 5.92 Å². The molecule has 1 unspecified atom stereocenters. The van der Waals surface area contributed by atoms with Gasteiger partial charge in [-0.2, -0.15) is 0 Å². The highest BCUT2D eigenvalue weighted by Crippen LogP contribution is 2.38. The highest BCUT2D eigenvalue weighted by Gasteiger charge is 2.26. The third-order valence-corrected chi connectivity index (χ3v) is 6.46. The lowest BCUT2D eigenvalue weighted by molar-refractivity contribution is 0.135. The molecule has 2 heterocycles. The third kappa shape index (κ3) is 3.28. The van der Waals surface area contributed by atoms with Crippen LogP contribution in [0.4, 0.5) is 0 Å². The van der Waals surface area contributed by atoms with E-state index in [0.717, 1.165) is 27.8 Å². The van der Waals surface area contributed by atoms with Gasteiger partial charge in [-0.25, -0.2) is 0 Å². The first-order valence-electron chi connectivity index (χ1n) is 6.54. The van der Waals surface area contributed by atoms with Gasteiger partial charge in [0, 0.05) is 15.9 Å². The molecular weight excluding hydrogens is 332 g/mol. The summed E-state index contributed by atoms with van der Waals surface area (Å²) in [6, 6.07) is 2.45. The van der Waals surface area contributed by atoms with Crippen LogP contribution in [0.25, 0.3) is 0 Å². The summed E-state index contributed by atoms with van der Waals surface area (Å²) in [5, 5.41) is 0. The summed E-state index contributed by atoms with van der Waals surface area (Å²) in [5.74, 6) is 0.901. The molecule has 1 saturated heterocycles. The van der Waals surface area contributed by atoms with Crippen molar-refractivity contribution in [3.63, 3.8) is 0 Å². The zero-order valence-corrected chi connectivity index (χ0v) is 13.8. The van der Waals surface area contributed by atoms with Gasteiger partial charge in [-0.3, -0.25) is 4.90 Å². The number of rotatable bonds is 4. The molecule has 1 aromatic heterocycles. The average molecular weight is 352 g/mol. The van der Waals surface area contributed by atoms with Gasteiger partial charge in [0.25, 0.3) is 0 Å². The maximum Gasteiger partial charge on any atom is 0.107 e.